The lowest BCUT2D eigenvalue weighted by Crippen LogP contribution is -2.40. The van der Waals surface area contributed by atoms with E-state index in [0.717, 1.165) is 6.42 Å². The van der Waals surface area contributed by atoms with E-state index in [1.807, 2.05) is 6.92 Å². The van der Waals surface area contributed by atoms with Gasteiger partial charge in [-0.15, -0.1) is 11.8 Å². The Morgan fingerprint density at radius 1 is 1.35 bits per heavy atom. The van der Waals surface area contributed by atoms with Crippen LogP contribution in [0.4, 0.5) is 0 Å². The first-order valence-electron chi connectivity index (χ1n) is 6.48. The average Bonchev–Trinajstić information content (AvgIpc) is 2.40. The van der Waals surface area contributed by atoms with Crippen molar-refractivity contribution < 1.29 is 24.2 Å². The molecule has 0 fully saturated rings. The molecule has 0 aliphatic heterocycles. The fourth-order valence-corrected chi connectivity index (χ4v) is 2.14. The fraction of sp³-hybridized carbons (Fsp3) is 0.750. The molecule has 0 unspecified atom stereocenters. The van der Waals surface area contributed by atoms with E-state index >= 15 is 0 Å². The molecule has 4 N–H and O–H groups in total. The third kappa shape index (κ3) is 8.00. The summed E-state index contributed by atoms with van der Waals surface area (Å²) in [6, 6.07) is -1.08. The molecule has 0 spiro atoms. The van der Waals surface area contributed by atoms with Crippen LogP contribution in [0.15, 0.2) is 0 Å². The number of hydrogen-bond donors (Lipinski definition) is 3. The van der Waals surface area contributed by atoms with Gasteiger partial charge in [-0.25, -0.2) is 4.79 Å². The van der Waals surface area contributed by atoms with Crippen LogP contribution in [-0.4, -0.2) is 46.7 Å². The highest BCUT2D eigenvalue weighted by atomic mass is 32.2. The van der Waals surface area contributed by atoms with Crippen LogP contribution in [0, 0.1) is 0 Å². The van der Waals surface area contributed by atoms with Crippen molar-refractivity contribution in [1.82, 2.24) is 5.32 Å². The highest BCUT2D eigenvalue weighted by Crippen LogP contribution is 2.12. The summed E-state index contributed by atoms with van der Waals surface area (Å²) in [4.78, 5) is 33.9. The van der Waals surface area contributed by atoms with Gasteiger partial charge in [-0.3, -0.25) is 9.59 Å². The van der Waals surface area contributed by atoms with Gasteiger partial charge >= 0.3 is 11.9 Å². The van der Waals surface area contributed by atoms with Gasteiger partial charge in [-0.1, -0.05) is 6.92 Å². The molecule has 0 bridgehead atoms. The number of esters is 1. The van der Waals surface area contributed by atoms with Crippen molar-refractivity contribution in [1.29, 1.82) is 0 Å². The number of rotatable bonds is 10. The zero-order valence-corrected chi connectivity index (χ0v) is 12.6. The van der Waals surface area contributed by atoms with E-state index in [1.165, 1.54) is 11.8 Å². The second kappa shape index (κ2) is 10.5. The molecule has 0 rings (SSSR count). The van der Waals surface area contributed by atoms with Crippen LogP contribution in [0.1, 0.15) is 33.1 Å². The Bertz CT molecular complexity index is 338. The fourth-order valence-electron chi connectivity index (χ4n) is 1.25. The summed E-state index contributed by atoms with van der Waals surface area (Å²) < 4.78 is 4.87. The number of nitrogens with one attached hydrogen (secondary N) is 1. The molecule has 8 heteroatoms. The van der Waals surface area contributed by atoms with E-state index in [0.29, 0.717) is 5.75 Å². The van der Waals surface area contributed by atoms with Crippen LogP contribution >= 0.6 is 11.8 Å². The Labute approximate surface area is 122 Å². The van der Waals surface area contributed by atoms with Crippen molar-refractivity contribution in [3.8, 4) is 0 Å². The number of carboxylic acid groups (broad SMARTS) is 1. The van der Waals surface area contributed by atoms with Gasteiger partial charge in [0.2, 0.25) is 5.91 Å². The Kier molecular flexibility index (Phi) is 9.83. The van der Waals surface area contributed by atoms with E-state index in [1.54, 1.807) is 6.92 Å². The number of amides is 1. The molecule has 7 nitrogen and oxygen atoms in total. The van der Waals surface area contributed by atoms with Crippen molar-refractivity contribution in [3.05, 3.63) is 0 Å². The second-order valence-electron chi connectivity index (χ2n) is 4.05. The number of carbonyl (C=O) groups is 3. The highest BCUT2D eigenvalue weighted by molar-refractivity contribution is 8.00. The lowest BCUT2D eigenvalue weighted by atomic mass is 10.1. The molecule has 0 aromatic heterocycles. The summed E-state index contributed by atoms with van der Waals surface area (Å²) in [6.45, 7) is 3.89. The van der Waals surface area contributed by atoms with Gasteiger partial charge in [0, 0.05) is 6.42 Å². The molecule has 0 saturated carbocycles. The summed E-state index contributed by atoms with van der Waals surface area (Å²) in [6.07, 6.45) is 0.839. The van der Waals surface area contributed by atoms with Gasteiger partial charge in [0.1, 0.15) is 6.04 Å². The normalized spacial score (nSPS) is 13.3. The zero-order valence-electron chi connectivity index (χ0n) is 11.8. The molecule has 2 atom stereocenters. The first-order valence-corrected chi connectivity index (χ1v) is 7.53. The summed E-state index contributed by atoms with van der Waals surface area (Å²) in [5.74, 6) is -1.36. The third-order valence-corrected chi connectivity index (χ3v) is 3.57. The van der Waals surface area contributed by atoms with Crippen molar-refractivity contribution in [3.63, 3.8) is 0 Å². The lowest BCUT2D eigenvalue weighted by molar-refractivity contribution is -0.145. The summed E-state index contributed by atoms with van der Waals surface area (Å²) in [5.41, 5.74) is 5.31. The minimum absolute atomic E-state index is 0.0230. The summed E-state index contributed by atoms with van der Waals surface area (Å²) in [5, 5.41) is 10.4. The Morgan fingerprint density at radius 3 is 2.50 bits per heavy atom. The smallest absolute Gasteiger partial charge is 0.339 e. The number of hydrogen-bond acceptors (Lipinski definition) is 6. The molecule has 0 aliphatic rings. The first-order chi connectivity index (χ1) is 9.42. The molecule has 0 aliphatic carbocycles. The monoisotopic (exact) mass is 306 g/mol. The largest absolute Gasteiger partial charge is 0.480 e. The number of carbonyl (C=O) groups excluding carboxylic acids is 2. The van der Waals surface area contributed by atoms with E-state index in [2.05, 4.69) is 5.32 Å². The second-order valence-corrected chi connectivity index (χ2v) is 5.27. The van der Waals surface area contributed by atoms with Crippen LogP contribution in [-0.2, 0) is 19.1 Å². The van der Waals surface area contributed by atoms with Gasteiger partial charge in [0.05, 0.1) is 6.61 Å². The van der Waals surface area contributed by atoms with Crippen molar-refractivity contribution in [2.75, 3.05) is 12.4 Å². The number of aliphatic carboxylic acids is 1. The van der Waals surface area contributed by atoms with E-state index in [4.69, 9.17) is 15.6 Å². The Balaban J connectivity index is 4.30. The molecular weight excluding hydrogens is 284 g/mol. The molecule has 0 saturated heterocycles. The Morgan fingerprint density at radius 2 is 2.00 bits per heavy atom. The van der Waals surface area contributed by atoms with Gasteiger partial charge in [0.25, 0.3) is 0 Å². The molecule has 0 aromatic rings. The van der Waals surface area contributed by atoms with Gasteiger partial charge in [-0.2, -0.15) is 0 Å². The molecule has 0 heterocycles. The maximum Gasteiger partial charge on any atom is 0.339 e. The molecule has 116 valence electrons. The number of nitrogens with two attached hydrogens (primary N) is 1. The number of thioether (sulfide) groups is 1. The minimum atomic E-state index is -1.15. The van der Waals surface area contributed by atoms with Crippen molar-refractivity contribution in [2.45, 2.75) is 44.5 Å². The molecular formula is C12H22N2O5S. The highest BCUT2D eigenvalue weighted by Gasteiger charge is 2.22. The maximum atomic E-state index is 11.7. The standard InChI is InChI=1S/C12H22N2O5S/c1-3-7-20-10(12(18)19-4-2)14-9(15)6-5-8(13)11(16)17/h8,10H,3-7,13H2,1-2H3,(H,14,15)(H,16,17)/t8-,10+/m0/s1. The molecule has 1 amide bonds. The Hall–Kier alpha value is -1.28. The number of carboxylic acids is 1. The maximum absolute atomic E-state index is 11.7. The first kappa shape index (κ1) is 18.7. The van der Waals surface area contributed by atoms with Crippen LogP contribution in [0.2, 0.25) is 0 Å². The molecule has 20 heavy (non-hydrogen) atoms. The SMILES string of the molecule is CCCS[C@@H](NC(=O)CC[C@H](N)C(=O)O)C(=O)OCC. The minimum Gasteiger partial charge on any atom is -0.480 e. The van der Waals surface area contributed by atoms with Gasteiger partial charge in [0.15, 0.2) is 5.37 Å². The third-order valence-electron chi connectivity index (χ3n) is 2.28. The lowest BCUT2D eigenvalue weighted by Gasteiger charge is -2.16. The van der Waals surface area contributed by atoms with E-state index in [9.17, 15) is 14.4 Å². The van der Waals surface area contributed by atoms with Crippen LogP contribution in [0.25, 0.3) is 0 Å². The van der Waals surface area contributed by atoms with Crippen LogP contribution in [0.3, 0.4) is 0 Å². The zero-order chi connectivity index (χ0) is 15.5. The predicted molar refractivity (Wildman–Crippen MR) is 76.2 cm³/mol. The topological polar surface area (TPSA) is 119 Å². The molecule has 0 radical (unpaired) electrons. The summed E-state index contributed by atoms with van der Waals surface area (Å²) in [7, 11) is 0. The summed E-state index contributed by atoms with van der Waals surface area (Å²) >= 11 is 1.28. The number of ether oxygens (including phenoxy) is 1. The van der Waals surface area contributed by atoms with E-state index < -0.39 is 29.3 Å². The van der Waals surface area contributed by atoms with E-state index in [-0.39, 0.29) is 19.4 Å². The van der Waals surface area contributed by atoms with Crippen molar-refractivity contribution >= 4 is 29.6 Å². The molecule has 0 aromatic carbocycles. The van der Waals surface area contributed by atoms with Crippen LogP contribution < -0.4 is 11.1 Å². The average molecular weight is 306 g/mol. The van der Waals surface area contributed by atoms with Gasteiger partial charge < -0.3 is 20.9 Å². The van der Waals surface area contributed by atoms with Crippen LogP contribution in [0.5, 0.6) is 0 Å². The van der Waals surface area contributed by atoms with Gasteiger partial charge in [-0.05, 0) is 25.5 Å². The predicted octanol–water partition coefficient (Wildman–Crippen LogP) is 0.327. The quantitative estimate of drug-likeness (QED) is 0.393. The van der Waals surface area contributed by atoms with Crippen molar-refractivity contribution in [2.24, 2.45) is 5.73 Å².